The maximum absolute atomic E-state index is 13.5. The second-order valence-corrected chi connectivity index (χ2v) is 4.80. The molecule has 1 aromatic rings. The van der Waals surface area contributed by atoms with E-state index in [1.165, 1.54) is 6.07 Å². The van der Waals surface area contributed by atoms with Crippen molar-refractivity contribution >= 4 is 17.5 Å². The predicted molar refractivity (Wildman–Crippen MR) is 70.7 cm³/mol. The zero-order chi connectivity index (χ0) is 13.7. The van der Waals surface area contributed by atoms with Gasteiger partial charge in [-0.2, -0.15) is 0 Å². The Morgan fingerprint density at radius 2 is 2.22 bits per heavy atom. The fourth-order valence-corrected chi connectivity index (χ4v) is 1.64. The highest BCUT2D eigenvalue weighted by atomic mass is 35.5. The minimum atomic E-state index is -0.564. The summed E-state index contributed by atoms with van der Waals surface area (Å²) in [5.74, 6) is -0.598. The Balaban J connectivity index is 2.57. The number of hydrogen-bond acceptors (Lipinski definition) is 2. The van der Waals surface area contributed by atoms with Gasteiger partial charge < -0.3 is 11.1 Å². The standard InChI is InChI=1S/C13H18ClFN2O/c1-3-8(2)12(16)13(18)17-7-9-4-5-10(14)6-11(9)15/h4-6,8,12H,3,7,16H2,1-2H3,(H,17,18)/t8?,12-/m0/s1. The van der Waals surface area contributed by atoms with Crippen LogP contribution in [0.5, 0.6) is 0 Å². The van der Waals surface area contributed by atoms with E-state index >= 15 is 0 Å². The van der Waals surface area contributed by atoms with Gasteiger partial charge in [0.25, 0.3) is 0 Å². The molecule has 0 aliphatic carbocycles. The molecule has 1 unspecified atom stereocenters. The minimum Gasteiger partial charge on any atom is -0.351 e. The number of hydrogen-bond donors (Lipinski definition) is 2. The number of nitrogens with two attached hydrogens (primary N) is 1. The molecule has 3 nitrogen and oxygen atoms in total. The highest BCUT2D eigenvalue weighted by Gasteiger charge is 2.19. The molecule has 0 saturated heterocycles. The van der Waals surface area contributed by atoms with Crippen molar-refractivity contribution < 1.29 is 9.18 Å². The van der Waals surface area contributed by atoms with Gasteiger partial charge in [0.1, 0.15) is 5.82 Å². The van der Waals surface area contributed by atoms with Gasteiger partial charge in [0.05, 0.1) is 6.04 Å². The second-order valence-electron chi connectivity index (χ2n) is 4.36. The maximum Gasteiger partial charge on any atom is 0.237 e. The van der Waals surface area contributed by atoms with Crippen LogP contribution in [0, 0.1) is 11.7 Å². The van der Waals surface area contributed by atoms with E-state index < -0.39 is 11.9 Å². The van der Waals surface area contributed by atoms with Crippen LogP contribution in [0.4, 0.5) is 4.39 Å². The molecule has 2 atom stereocenters. The lowest BCUT2D eigenvalue weighted by atomic mass is 9.99. The highest BCUT2D eigenvalue weighted by Crippen LogP contribution is 2.14. The lowest BCUT2D eigenvalue weighted by molar-refractivity contribution is -0.123. The summed E-state index contributed by atoms with van der Waals surface area (Å²) in [6, 6.07) is 3.79. The molecule has 0 aromatic heterocycles. The third-order valence-electron chi connectivity index (χ3n) is 3.03. The number of carbonyl (C=O) groups is 1. The SMILES string of the molecule is CCC(C)[C@H](N)C(=O)NCc1ccc(Cl)cc1F. The molecule has 1 amide bonds. The second kappa shape index (κ2) is 6.71. The largest absolute Gasteiger partial charge is 0.351 e. The van der Waals surface area contributed by atoms with Crippen molar-refractivity contribution in [1.29, 1.82) is 0 Å². The molecule has 0 aliphatic heterocycles. The van der Waals surface area contributed by atoms with Gasteiger partial charge in [-0.25, -0.2) is 4.39 Å². The van der Waals surface area contributed by atoms with Crippen LogP contribution in [0.15, 0.2) is 18.2 Å². The topological polar surface area (TPSA) is 55.1 Å². The molecule has 5 heteroatoms. The molecule has 18 heavy (non-hydrogen) atoms. The smallest absolute Gasteiger partial charge is 0.237 e. The highest BCUT2D eigenvalue weighted by molar-refractivity contribution is 6.30. The Morgan fingerprint density at radius 3 is 2.78 bits per heavy atom. The molecule has 0 fully saturated rings. The summed E-state index contributed by atoms with van der Waals surface area (Å²) >= 11 is 5.64. The number of carbonyl (C=O) groups excluding carboxylic acids is 1. The summed E-state index contributed by atoms with van der Waals surface area (Å²) < 4.78 is 13.5. The van der Waals surface area contributed by atoms with E-state index in [1.807, 2.05) is 13.8 Å². The van der Waals surface area contributed by atoms with Crippen molar-refractivity contribution in [2.75, 3.05) is 0 Å². The summed E-state index contributed by atoms with van der Waals surface area (Å²) in [5, 5.41) is 2.96. The molecule has 3 N–H and O–H groups in total. The van der Waals surface area contributed by atoms with E-state index in [1.54, 1.807) is 12.1 Å². The molecule has 0 saturated carbocycles. The summed E-state index contributed by atoms with van der Waals surface area (Å²) in [7, 11) is 0. The third kappa shape index (κ3) is 3.96. The van der Waals surface area contributed by atoms with E-state index in [-0.39, 0.29) is 18.4 Å². The van der Waals surface area contributed by atoms with Gasteiger partial charge in [0.2, 0.25) is 5.91 Å². The Labute approximate surface area is 112 Å². The van der Waals surface area contributed by atoms with Crippen molar-refractivity contribution in [3.8, 4) is 0 Å². The first-order chi connectivity index (χ1) is 8.45. The van der Waals surface area contributed by atoms with Crippen molar-refractivity contribution in [2.45, 2.75) is 32.9 Å². The Morgan fingerprint density at radius 1 is 1.56 bits per heavy atom. The van der Waals surface area contributed by atoms with Crippen LogP contribution in [-0.4, -0.2) is 11.9 Å². The maximum atomic E-state index is 13.5. The Kier molecular flexibility index (Phi) is 5.56. The molecule has 0 spiro atoms. The molecule has 100 valence electrons. The normalized spacial score (nSPS) is 14.1. The van der Waals surface area contributed by atoms with Crippen LogP contribution in [-0.2, 0) is 11.3 Å². The zero-order valence-electron chi connectivity index (χ0n) is 10.5. The molecule has 0 radical (unpaired) electrons. The molecule has 0 aliphatic rings. The van der Waals surface area contributed by atoms with E-state index in [2.05, 4.69) is 5.32 Å². The number of benzene rings is 1. The first-order valence-electron chi connectivity index (χ1n) is 5.93. The molecular weight excluding hydrogens is 255 g/mol. The van der Waals surface area contributed by atoms with Crippen molar-refractivity contribution in [2.24, 2.45) is 11.7 Å². The van der Waals surface area contributed by atoms with Crippen molar-refractivity contribution in [1.82, 2.24) is 5.32 Å². The number of amides is 1. The quantitative estimate of drug-likeness (QED) is 0.865. The first kappa shape index (κ1) is 14.9. The van der Waals surface area contributed by atoms with E-state index in [0.717, 1.165) is 6.42 Å². The first-order valence-corrected chi connectivity index (χ1v) is 6.30. The number of halogens is 2. The van der Waals surface area contributed by atoms with E-state index in [4.69, 9.17) is 17.3 Å². The van der Waals surface area contributed by atoms with Crippen LogP contribution >= 0.6 is 11.6 Å². The number of nitrogens with one attached hydrogen (secondary N) is 1. The van der Waals surface area contributed by atoms with Crippen LogP contribution < -0.4 is 11.1 Å². The lowest BCUT2D eigenvalue weighted by Gasteiger charge is -2.17. The molecule has 0 bridgehead atoms. The van der Waals surface area contributed by atoms with Gasteiger partial charge >= 0.3 is 0 Å². The summed E-state index contributed by atoms with van der Waals surface area (Å²) in [6.45, 7) is 4.00. The predicted octanol–water partition coefficient (Wildman–Crippen LogP) is 2.47. The van der Waals surface area contributed by atoms with Crippen LogP contribution in [0.3, 0.4) is 0 Å². The van der Waals surface area contributed by atoms with Gasteiger partial charge in [-0.3, -0.25) is 4.79 Å². The van der Waals surface area contributed by atoms with Gasteiger partial charge in [-0.05, 0) is 18.1 Å². The van der Waals surface area contributed by atoms with E-state index in [0.29, 0.717) is 10.6 Å². The van der Waals surface area contributed by atoms with Gasteiger partial charge in [-0.1, -0.05) is 37.9 Å². The van der Waals surface area contributed by atoms with E-state index in [9.17, 15) is 9.18 Å². The van der Waals surface area contributed by atoms with Gasteiger partial charge in [0, 0.05) is 17.1 Å². The fourth-order valence-electron chi connectivity index (χ4n) is 1.48. The Hall–Kier alpha value is -1.13. The number of rotatable bonds is 5. The monoisotopic (exact) mass is 272 g/mol. The Bertz CT molecular complexity index is 425. The van der Waals surface area contributed by atoms with Crippen LogP contribution in [0.1, 0.15) is 25.8 Å². The van der Waals surface area contributed by atoms with Gasteiger partial charge in [0.15, 0.2) is 0 Å². The van der Waals surface area contributed by atoms with Crippen molar-refractivity contribution in [3.63, 3.8) is 0 Å². The summed E-state index contributed by atoms with van der Waals surface area (Å²) in [6.07, 6.45) is 0.823. The van der Waals surface area contributed by atoms with Crippen LogP contribution in [0.2, 0.25) is 5.02 Å². The average Bonchev–Trinajstić information content (AvgIpc) is 2.35. The zero-order valence-corrected chi connectivity index (χ0v) is 11.3. The minimum absolute atomic E-state index is 0.0973. The fraction of sp³-hybridized carbons (Fsp3) is 0.462. The molecule has 1 aromatic carbocycles. The summed E-state index contributed by atoms with van der Waals surface area (Å²) in [5.41, 5.74) is 6.16. The summed E-state index contributed by atoms with van der Waals surface area (Å²) in [4.78, 5) is 11.7. The molecule has 1 rings (SSSR count). The van der Waals surface area contributed by atoms with Crippen molar-refractivity contribution in [3.05, 3.63) is 34.6 Å². The average molecular weight is 273 g/mol. The van der Waals surface area contributed by atoms with Gasteiger partial charge in [-0.15, -0.1) is 0 Å². The molecular formula is C13H18ClFN2O. The third-order valence-corrected chi connectivity index (χ3v) is 3.26. The van der Waals surface area contributed by atoms with Crippen LogP contribution in [0.25, 0.3) is 0 Å². The molecule has 0 heterocycles. The lowest BCUT2D eigenvalue weighted by Crippen LogP contribution is -2.44.